The van der Waals surface area contributed by atoms with Crippen LogP contribution in [0.2, 0.25) is 5.02 Å². The molecule has 2 aromatic rings. The van der Waals surface area contributed by atoms with Crippen LogP contribution in [0.1, 0.15) is 11.1 Å². The lowest BCUT2D eigenvalue weighted by atomic mass is 10.2. The van der Waals surface area contributed by atoms with E-state index < -0.39 is 0 Å². The highest BCUT2D eigenvalue weighted by Crippen LogP contribution is 2.23. The molecule has 1 N–H and O–H groups in total. The van der Waals surface area contributed by atoms with E-state index in [1.807, 2.05) is 13.0 Å². The van der Waals surface area contributed by atoms with E-state index in [0.717, 1.165) is 5.56 Å². The summed E-state index contributed by atoms with van der Waals surface area (Å²) >= 11 is 6.07. The van der Waals surface area contributed by atoms with E-state index in [9.17, 15) is 4.79 Å². The second-order valence-electron chi connectivity index (χ2n) is 5.15. The van der Waals surface area contributed by atoms with Crippen LogP contribution in [0.25, 0.3) is 0 Å². The third kappa shape index (κ3) is 5.39. The second kappa shape index (κ2) is 8.94. The van der Waals surface area contributed by atoms with E-state index in [4.69, 9.17) is 25.9 Å². The van der Waals surface area contributed by atoms with Gasteiger partial charge in [0.05, 0.1) is 31.1 Å². The first kappa shape index (κ1) is 18.6. The second-order valence-corrected chi connectivity index (χ2v) is 5.55. The van der Waals surface area contributed by atoms with Gasteiger partial charge >= 0.3 is 0 Å². The Morgan fingerprint density at radius 3 is 2.68 bits per heavy atom. The molecule has 0 saturated heterocycles. The Kier molecular flexibility index (Phi) is 6.65. The van der Waals surface area contributed by atoms with Gasteiger partial charge in [0.2, 0.25) is 0 Å². The number of nitrogens with one attached hydrogen (secondary N) is 1. The standard InChI is InChI=1S/C18H19ClN2O4/c1-12-4-6-16(15(19)8-12)21-18(22)11-25-20-10-13-9-14(23-2)5-7-17(13)24-3/h4-10H,11H2,1-3H3,(H,21,22)/b20-10-. The van der Waals surface area contributed by atoms with Crippen LogP contribution in [0.15, 0.2) is 41.6 Å². The van der Waals surface area contributed by atoms with Crippen LogP contribution in [0, 0.1) is 6.92 Å². The maximum atomic E-state index is 11.9. The number of carbonyl (C=O) groups excluding carboxylic acids is 1. The van der Waals surface area contributed by atoms with E-state index >= 15 is 0 Å². The van der Waals surface area contributed by atoms with Crippen molar-refractivity contribution < 1.29 is 19.1 Å². The molecule has 0 heterocycles. The number of amides is 1. The van der Waals surface area contributed by atoms with Crippen LogP contribution in [0.5, 0.6) is 11.5 Å². The van der Waals surface area contributed by atoms with Crippen LogP contribution >= 0.6 is 11.6 Å². The molecule has 0 fully saturated rings. The molecule has 7 heteroatoms. The molecule has 132 valence electrons. The molecule has 6 nitrogen and oxygen atoms in total. The van der Waals surface area contributed by atoms with Crippen molar-refractivity contribution >= 4 is 29.4 Å². The van der Waals surface area contributed by atoms with E-state index in [2.05, 4.69) is 10.5 Å². The Morgan fingerprint density at radius 1 is 1.20 bits per heavy atom. The summed E-state index contributed by atoms with van der Waals surface area (Å²) in [5.41, 5.74) is 2.21. The molecule has 0 radical (unpaired) electrons. The molecule has 1 amide bonds. The van der Waals surface area contributed by atoms with Gasteiger partial charge in [0, 0.05) is 5.56 Å². The Morgan fingerprint density at radius 2 is 2.00 bits per heavy atom. The number of halogens is 1. The van der Waals surface area contributed by atoms with Crippen molar-refractivity contribution in [2.24, 2.45) is 5.16 Å². The van der Waals surface area contributed by atoms with Crippen LogP contribution in [0.3, 0.4) is 0 Å². The molecular weight excluding hydrogens is 344 g/mol. The summed E-state index contributed by atoms with van der Waals surface area (Å²) in [6.45, 7) is 1.68. The molecule has 0 unspecified atom stereocenters. The number of rotatable bonds is 7. The molecule has 2 aromatic carbocycles. The molecule has 0 spiro atoms. The fraction of sp³-hybridized carbons (Fsp3) is 0.222. The molecule has 0 aliphatic heterocycles. The zero-order chi connectivity index (χ0) is 18.2. The van der Waals surface area contributed by atoms with Gasteiger partial charge in [0.15, 0.2) is 6.61 Å². The first-order valence-corrected chi connectivity index (χ1v) is 7.84. The topological polar surface area (TPSA) is 69.1 Å². The van der Waals surface area contributed by atoms with Gasteiger partial charge in [-0.15, -0.1) is 0 Å². The maximum Gasteiger partial charge on any atom is 0.265 e. The van der Waals surface area contributed by atoms with Gasteiger partial charge in [-0.3, -0.25) is 4.79 Å². The number of anilines is 1. The third-order valence-electron chi connectivity index (χ3n) is 3.30. The van der Waals surface area contributed by atoms with Crippen molar-refractivity contribution in [3.63, 3.8) is 0 Å². The molecule has 0 aliphatic carbocycles. The smallest absolute Gasteiger partial charge is 0.265 e. The van der Waals surface area contributed by atoms with Crippen LogP contribution in [0.4, 0.5) is 5.69 Å². The lowest BCUT2D eigenvalue weighted by Crippen LogP contribution is -2.17. The lowest BCUT2D eigenvalue weighted by Gasteiger charge is -2.08. The average molecular weight is 363 g/mol. The minimum Gasteiger partial charge on any atom is -0.497 e. The maximum absolute atomic E-state index is 11.9. The number of hydrogen-bond donors (Lipinski definition) is 1. The fourth-order valence-electron chi connectivity index (χ4n) is 2.04. The van der Waals surface area contributed by atoms with Gasteiger partial charge in [-0.1, -0.05) is 22.8 Å². The number of benzene rings is 2. The predicted octanol–water partition coefficient (Wildman–Crippen LogP) is 3.65. The number of hydrogen-bond acceptors (Lipinski definition) is 5. The normalized spacial score (nSPS) is 10.6. The van der Waals surface area contributed by atoms with Crippen LogP contribution in [-0.4, -0.2) is 32.9 Å². The van der Waals surface area contributed by atoms with Gasteiger partial charge in [-0.05, 0) is 42.8 Å². The summed E-state index contributed by atoms with van der Waals surface area (Å²) in [7, 11) is 3.12. The van der Waals surface area contributed by atoms with Gasteiger partial charge in [-0.25, -0.2) is 0 Å². The Balaban J connectivity index is 1.91. The van der Waals surface area contributed by atoms with Crippen molar-refractivity contribution in [3.05, 3.63) is 52.5 Å². The number of carbonyl (C=O) groups is 1. The van der Waals surface area contributed by atoms with Crippen molar-refractivity contribution in [1.29, 1.82) is 0 Å². The molecule has 0 aliphatic rings. The minimum atomic E-state index is -0.361. The van der Waals surface area contributed by atoms with Gasteiger partial charge in [0.1, 0.15) is 11.5 Å². The third-order valence-corrected chi connectivity index (χ3v) is 3.61. The van der Waals surface area contributed by atoms with Gasteiger partial charge in [0.25, 0.3) is 5.91 Å². The van der Waals surface area contributed by atoms with Crippen LogP contribution < -0.4 is 14.8 Å². The Labute approximate surface area is 151 Å². The largest absolute Gasteiger partial charge is 0.497 e. The predicted molar refractivity (Wildman–Crippen MR) is 97.9 cm³/mol. The highest BCUT2D eigenvalue weighted by Gasteiger charge is 2.07. The van der Waals surface area contributed by atoms with E-state index in [-0.39, 0.29) is 12.5 Å². The highest BCUT2D eigenvalue weighted by atomic mass is 35.5. The van der Waals surface area contributed by atoms with Gasteiger partial charge < -0.3 is 19.6 Å². The summed E-state index contributed by atoms with van der Waals surface area (Å²) in [4.78, 5) is 16.9. The monoisotopic (exact) mass is 362 g/mol. The molecule has 0 saturated carbocycles. The van der Waals surface area contributed by atoms with E-state index in [1.165, 1.54) is 6.21 Å². The van der Waals surface area contributed by atoms with Crippen molar-refractivity contribution in [2.45, 2.75) is 6.92 Å². The van der Waals surface area contributed by atoms with E-state index in [0.29, 0.717) is 27.8 Å². The Bertz CT molecular complexity index is 778. The number of aryl methyl sites for hydroxylation is 1. The summed E-state index contributed by atoms with van der Waals surface area (Å²) < 4.78 is 10.4. The molecular formula is C18H19ClN2O4. The molecule has 0 atom stereocenters. The first-order valence-electron chi connectivity index (χ1n) is 7.47. The van der Waals surface area contributed by atoms with Gasteiger partial charge in [-0.2, -0.15) is 0 Å². The SMILES string of the molecule is COc1ccc(OC)c(/C=N\OCC(=O)Nc2ccc(C)cc2Cl)c1. The van der Waals surface area contributed by atoms with E-state index in [1.54, 1.807) is 44.6 Å². The summed E-state index contributed by atoms with van der Waals surface area (Å²) in [6.07, 6.45) is 1.45. The number of methoxy groups -OCH3 is 2. The number of oxime groups is 1. The molecule has 0 aromatic heterocycles. The molecule has 25 heavy (non-hydrogen) atoms. The minimum absolute atomic E-state index is 0.243. The summed E-state index contributed by atoms with van der Waals surface area (Å²) in [6, 6.07) is 10.6. The lowest BCUT2D eigenvalue weighted by molar-refractivity contribution is -0.120. The Hall–Kier alpha value is -2.73. The molecule has 2 rings (SSSR count). The number of ether oxygens (including phenoxy) is 2. The van der Waals surface area contributed by atoms with Crippen molar-refractivity contribution in [3.8, 4) is 11.5 Å². The zero-order valence-corrected chi connectivity index (χ0v) is 15.0. The fourth-order valence-corrected chi connectivity index (χ4v) is 2.32. The highest BCUT2D eigenvalue weighted by molar-refractivity contribution is 6.33. The van der Waals surface area contributed by atoms with Crippen molar-refractivity contribution in [1.82, 2.24) is 0 Å². The van der Waals surface area contributed by atoms with Crippen molar-refractivity contribution in [2.75, 3.05) is 26.1 Å². The summed E-state index contributed by atoms with van der Waals surface area (Å²) in [5.74, 6) is 0.915. The summed E-state index contributed by atoms with van der Waals surface area (Å²) in [5, 5.41) is 6.92. The van der Waals surface area contributed by atoms with Crippen LogP contribution in [-0.2, 0) is 9.63 Å². The first-order chi connectivity index (χ1) is 12.0. The zero-order valence-electron chi connectivity index (χ0n) is 14.2. The average Bonchev–Trinajstić information content (AvgIpc) is 2.61. The quantitative estimate of drug-likeness (QED) is 0.603. The molecule has 0 bridgehead atoms. The number of nitrogens with zero attached hydrogens (tertiary/aromatic N) is 1.